The predicted octanol–water partition coefficient (Wildman–Crippen LogP) is 2.15. The molecule has 0 spiro atoms. The van der Waals surface area contributed by atoms with Crippen molar-refractivity contribution in [3.8, 4) is 0 Å². The minimum Gasteiger partial charge on any atom is -0.384 e. The van der Waals surface area contributed by atoms with Crippen LogP contribution in [0.3, 0.4) is 0 Å². The molecule has 0 radical (unpaired) electrons. The number of aliphatic imine (C=N–C) groups is 1. The first-order chi connectivity index (χ1) is 6.15. The summed E-state index contributed by atoms with van der Waals surface area (Å²) >= 11 is 0. The van der Waals surface area contributed by atoms with Crippen molar-refractivity contribution in [3.05, 3.63) is 35.4 Å². The van der Waals surface area contributed by atoms with E-state index in [1.54, 1.807) is 7.05 Å². The maximum Gasteiger partial charge on any atom is 0.125 e. The summed E-state index contributed by atoms with van der Waals surface area (Å²) in [5, 5.41) is 0. The van der Waals surface area contributed by atoms with Gasteiger partial charge in [-0.3, -0.25) is 4.99 Å². The fourth-order valence-corrected chi connectivity index (χ4v) is 1.17. The van der Waals surface area contributed by atoms with Gasteiger partial charge in [-0.05, 0) is 11.5 Å². The van der Waals surface area contributed by atoms with Crippen molar-refractivity contribution >= 4 is 5.84 Å². The van der Waals surface area contributed by atoms with Crippen molar-refractivity contribution < 1.29 is 0 Å². The van der Waals surface area contributed by atoms with E-state index in [1.165, 1.54) is 5.56 Å². The van der Waals surface area contributed by atoms with Crippen LogP contribution in [0, 0.1) is 0 Å². The number of rotatable bonds is 2. The number of nitrogens with two attached hydrogens (primary N) is 1. The zero-order valence-corrected chi connectivity index (χ0v) is 8.41. The Balaban J connectivity index is 2.94. The highest BCUT2D eigenvalue weighted by Gasteiger charge is 2.00. The highest BCUT2D eigenvalue weighted by Crippen LogP contribution is 2.14. The van der Waals surface area contributed by atoms with Crippen molar-refractivity contribution in [2.24, 2.45) is 10.7 Å². The zero-order valence-electron chi connectivity index (χ0n) is 8.41. The Morgan fingerprint density at radius 3 is 2.15 bits per heavy atom. The van der Waals surface area contributed by atoms with E-state index in [4.69, 9.17) is 5.73 Å². The molecule has 0 atom stereocenters. The van der Waals surface area contributed by atoms with Gasteiger partial charge in [-0.25, -0.2) is 0 Å². The van der Waals surface area contributed by atoms with Gasteiger partial charge in [0, 0.05) is 12.6 Å². The third kappa shape index (κ3) is 2.31. The fourth-order valence-electron chi connectivity index (χ4n) is 1.17. The smallest absolute Gasteiger partial charge is 0.125 e. The summed E-state index contributed by atoms with van der Waals surface area (Å²) in [6, 6.07) is 8.21. The number of hydrogen-bond acceptors (Lipinski definition) is 1. The molecule has 0 bridgehead atoms. The van der Waals surface area contributed by atoms with Crippen molar-refractivity contribution in [1.82, 2.24) is 0 Å². The lowest BCUT2D eigenvalue weighted by Gasteiger charge is -2.05. The lowest BCUT2D eigenvalue weighted by molar-refractivity contribution is 0.866. The lowest BCUT2D eigenvalue weighted by atomic mass is 10.0. The molecule has 0 saturated carbocycles. The van der Waals surface area contributed by atoms with Crippen LogP contribution in [0.4, 0.5) is 0 Å². The van der Waals surface area contributed by atoms with Crippen LogP contribution >= 0.6 is 0 Å². The summed E-state index contributed by atoms with van der Waals surface area (Å²) < 4.78 is 0. The summed E-state index contributed by atoms with van der Waals surface area (Å²) in [5.74, 6) is 1.16. The Morgan fingerprint density at radius 1 is 1.23 bits per heavy atom. The Morgan fingerprint density at radius 2 is 1.77 bits per heavy atom. The molecule has 1 rings (SSSR count). The largest absolute Gasteiger partial charge is 0.384 e. The first-order valence-electron chi connectivity index (χ1n) is 4.47. The van der Waals surface area contributed by atoms with E-state index in [-0.39, 0.29) is 0 Å². The van der Waals surface area contributed by atoms with Crippen LogP contribution < -0.4 is 5.73 Å². The second kappa shape index (κ2) is 4.08. The van der Waals surface area contributed by atoms with Gasteiger partial charge in [-0.2, -0.15) is 0 Å². The van der Waals surface area contributed by atoms with Gasteiger partial charge >= 0.3 is 0 Å². The van der Waals surface area contributed by atoms with Crippen LogP contribution in [0.15, 0.2) is 29.3 Å². The normalized spacial score (nSPS) is 12.2. The number of hydrogen-bond donors (Lipinski definition) is 1. The Hall–Kier alpha value is -1.31. The molecule has 70 valence electrons. The van der Waals surface area contributed by atoms with Gasteiger partial charge in [0.2, 0.25) is 0 Å². The third-order valence-electron chi connectivity index (χ3n) is 2.11. The molecule has 0 unspecified atom stereocenters. The van der Waals surface area contributed by atoms with Crippen LogP contribution in [0.5, 0.6) is 0 Å². The Bertz CT molecular complexity index is 296. The summed E-state index contributed by atoms with van der Waals surface area (Å²) in [7, 11) is 1.70. The van der Waals surface area contributed by atoms with Gasteiger partial charge in [-0.1, -0.05) is 38.1 Å². The van der Waals surface area contributed by atoms with Gasteiger partial charge in [0.25, 0.3) is 0 Å². The third-order valence-corrected chi connectivity index (χ3v) is 2.11. The molecule has 0 fully saturated rings. The maximum absolute atomic E-state index is 5.67. The van der Waals surface area contributed by atoms with Crippen molar-refractivity contribution in [2.45, 2.75) is 19.8 Å². The van der Waals surface area contributed by atoms with Crippen LogP contribution in [-0.2, 0) is 0 Å². The molecular formula is C11H16N2. The zero-order chi connectivity index (χ0) is 9.84. The molecule has 2 nitrogen and oxygen atoms in total. The molecule has 0 aliphatic heterocycles. The average molecular weight is 176 g/mol. The second-order valence-electron chi connectivity index (χ2n) is 3.39. The van der Waals surface area contributed by atoms with Gasteiger partial charge in [0.15, 0.2) is 0 Å². The first-order valence-corrected chi connectivity index (χ1v) is 4.47. The van der Waals surface area contributed by atoms with E-state index in [2.05, 4.69) is 31.0 Å². The predicted molar refractivity (Wildman–Crippen MR) is 57.2 cm³/mol. The lowest BCUT2D eigenvalue weighted by Crippen LogP contribution is -2.12. The minimum atomic E-state index is 0.564. The molecule has 13 heavy (non-hydrogen) atoms. The van der Waals surface area contributed by atoms with E-state index < -0.39 is 0 Å². The monoisotopic (exact) mass is 176 g/mol. The molecule has 1 aromatic carbocycles. The molecule has 0 aliphatic carbocycles. The molecule has 2 heteroatoms. The summed E-state index contributed by atoms with van der Waals surface area (Å²) in [4.78, 5) is 3.93. The van der Waals surface area contributed by atoms with E-state index in [0.29, 0.717) is 11.8 Å². The maximum atomic E-state index is 5.67. The summed E-state index contributed by atoms with van der Waals surface area (Å²) in [5.41, 5.74) is 7.99. The number of nitrogens with zero attached hydrogens (tertiary/aromatic N) is 1. The second-order valence-corrected chi connectivity index (χ2v) is 3.39. The fraction of sp³-hybridized carbons (Fsp3) is 0.364. The highest BCUT2D eigenvalue weighted by molar-refractivity contribution is 5.97. The van der Waals surface area contributed by atoms with Gasteiger partial charge in [-0.15, -0.1) is 0 Å². The van der Waals surface area contributed by atoms with Crippen LogP contribution in [-0.4, -0.2) is 12.9 Å². The SMILES string of the molecule is CN=C(N)c1ccc(C(C)C)cc1. The molecule has 0 amide bonds. The number of amidine groups is 1. The van der Waals surface area contributed by atoms with E-state index in [9.17, 15) is 0 Å². The van der Waals surface area contributed by atoms with Crippen LogP contribution in [0.1, 0.15) is 30.9 Å². The Kier molecular flexibility index (Phi) is 3.07. The van der Waals surface area contributed by atoms with Gasteiger partial charge in [0.1, 0.15) is 5.84 Å². The Labute approximate surface area is 79.5 Å². The minimum absolute atomic E-state index is 0.564. The van der Waals surface area contributed by atoms with Gasteiger partial charge in [0.05, 0.1) is 0 Å². The summed E-state index contributed by atoms with van der Waals surface area (Å²) in [6.07, 6.45) is 0. The molecule has 0 aromatic heterocycles. The average Bonchev–Trinajstić information content (AvgIpc) is 2.17. The van der Waals surface area contributed by atoms with Crippen molar-refractivity contribution in [1.29, 1.82) is 0 Å². The van der Waals surface area contributed by atoms with Crippen molar-refractivity contribution in [3.63, 3.8) is 0 Å². The van der Waals surface area contributed by atoms with Crippen molar-refractivity contribution in [2.75, 3.05) is 7.05 Å². The molecule has 0 aliphatic rings. The van der Waals surface area contributed by atoms with E-state index in [1.807, 2.05) is 12.1 Å². The molecule has 1 aromatic rings. The quantitative estimate of drug-likeness (QED) is 0.544. The van der Waals surface area contributed by atoms with Crippen LogP contribution in [0.25, 0.3) is 0 Å². The molecule has 2 N–H and O–H groups in total. The van der Waals surface area contributed by atoms with E-state index in [0.717, 1.165) is 5.56 Å². The molecular weight excluding hydrogens is 160 g/mol. The summed E-state index contributed by atoms with van der Waals surface area (Å²) in [6.45, 7) is 4.35. The van der Waals surface area contributed by atoms with Crippen LogP contribution in [0.2, 0.25) is 0 Å². The van der Waals surface area contributed by atoms with E-state index >= 15 is 0 Å². The molecule has 0 saturated heterocycles. The molecule has 0 heterocycles. The topological polar surface area (TPSA) is 38.4 Å². The first kappa shape index (κ1) is 9.78. The highest BCUT2D eigenvalue weighted by atomic mass is 14.8. The number of benzene rings is 1. The van der Waals surface area contributed by atoms with Gasteiger partial charge < -0.3 is 5.73 Å². The standard InChI is InChI=1S/C11H16N2/c1-8(2)9-4-6-10(7-5-9)11(12)13-3/h4-8H,1-3H3,(H2,12,13).